The van der Waals surface area contributed by atoms with Crippen LogP contribution in [-0.4, -0.2) is 23.7 Å². The molecule has 1 aromatic rings. The molecule has 1 aliphatic carbocycles. The van der Waals surface area contributed by atoms with Crippen molar-refractivity contribution in [2.24, 2.45) is 0 Å². The van der Waals surface area contributed by atoms with Crippen molar-refractivity contribution < 1.29 is 19.0 Å². The van der Waals surface area contributed by atoms with E-state index in [-0.39, 0.29) is 24.6 Å². The first-order valence-corrected chi connectivity index (χ1v) is 6.84. The number of methoxy groups -OCH3 is 1. The molecule has 1 fully saturated rings. The third-order valence-corrected chi connectivity index (χ3v) is 3.73. The Kier molecular flexibility index (Phi) is 4.60. The molecule has 0 atom stereocenters. The summed E-state index contributed by atoms with van der Waals surface area (Å²) >= 11 is 0. The number of halogens is 1. The van der Waals surface area contributed by atoms with Crippen molar-refractivity contribution in [2.45, 2.75) is 44.2 Å². The maximum absolute atomic E-state index is 13.5. The van der Waals surface area contributed by atoms with Gasteiger partial charge in [0.25, 0.3) is 0 Å². The third kappa shape index (κ3) is 3.70. The van der Waals surface area contributed by atoms with E-state index in [0.717, 1.165) is 12.8 Å². The van der Waals surface area contributed by atoms with Gasteiger partial charge < -0.3 is 15.2 Å². The Balaban J connectivity index is 1.85. The van der Waals surface area contributed by atoms with E-state index in [2.05, 4.69) is 5.32 Å². The van der Waals surface area contributed by atoms with E-state index in [1.165, 1.54) is 19.2 Å². The smallest absolute Gasteiger partial charge is 0.223 e. The number of ether oxygens (including phenoxy) is 1. The maximum Gasteiger partial charge on any atom is 0.223 e. The van der Waals surface area contributed by atoms with Crippen molar-refractivity contribution in [2.75, 3.05) is 7.11 Å². The average Bonchev–Trinajstić information content (AvgIpc) is 2.83. The van der Waals surface area contributed by atoms with E-state index in [1.807, 2.05) is 0 Å². The van der Waals surface area contributed by atoms with Crippen molar-refractivity contribution in [3.05, 3.63) is 29.6 Å². The number of carbonyl (C=O) groups is 1. The molecule has 20 heavy (non-hydrogen) atoms. The van der Waals surface area contributed by atoms with Crippen LogP contribution in [0.3, 0.4) is 0 Å². The van der Waals surface area contributed by atoms with Gasteiger partial charge in [0.1, 0.15) is 0 Å². The van der Waals surface area contributed by atoms with Gasteiger partial charge in [-0.05, 0) is 30.5 Å². The summed E-state index contributed by atoms with van der Waals surface area (Å²) in [6.07, 6.45) is 3.40. The van der Waals surface area contributed by atoms with Gasteiger partial charge in [0, 0.05) is 6.54 Å². The van der Waals surface area contributed by atoms with Crippen molar-refractivity contribution in [1.82, 2.24) is 5.32 Å². The summed E-state index contributed by atoms with van der Waals surface area (Å²) in [4.78, 5) is 11.8. The summed E-state index contributed by atoms with van der Waals surface area (Å²) in [5.74, 6) is -0.473. The van der Waals surface area contributed by atoms with E-state index in [0.29, 0.717) is 18.4 Å². The molecule has 0 bridgehead atoms. The highest BCUT2D eigenvalue weighted by Gasteiger charge is 2.33. The molecular weight excluding hydrogens is 261 g/mol. The Morgan fingerprint density at radius 2 is 2.15 bits per heavy atom. The molecule has 1 amide bonds. The second-order valence-electron chi connectivity index (χ2n) is 5.35. The van der Waals surface area contributed by atoms with E-state index in [4.69, 9.17) is 4.74 Å². The van der Waals surface area contributed by atoms with Gasteiger partial charge in [0.15, 0.2) is 11.6 Å². The van der Waals surface area contributed by atoms with E-state index >= 15 is 0 Å². The predicted octanol–water partition coefficient (Wildman–Crippen LogP) is 2.15. The first-order valence-electron chi connectivity index (χ1n) is 6.84. The van der Waals surface area contributed by atoms with Gasteiger partial charge in [-0.2, -0.15) is 0 Å². The number of benzene rings is 1. The second-order valence-corrected chi connectivity index (χ2v) is 5.35. The van der Waals surface area contributed by atoms with Crippen LogP contribution in [0.5, 0.6) is 5.75 Å². The molecule has 5 heteroatoms. The summed E-state index contributed by atoms with van der Waals surface area (Å²) in [6.45, 7) is 0.246. The van der Waals surface area contributed by atoms with Crippen LogP contribution in [0.2, 0.25) is 0 Å². The minimum absolute atomic E-state index is 0.117. The molecule has 0 unspecified atom stereocenters. The zero-order valence-electron chi connectivity index (χ0n) is 11.6. The summed E-state index contributed by atoms with van der Waals surface area (Å²) in [5.41, 5.74) is -0.190. The highest BCUT2D eigenvalue weighted by molar-refractivity contribution is 5.77. The molecule has 1 saturated carbocycles. The van der Waals surface area contributed by atoms with Gasteiger partial charge >= 0.3 is 0 Å². The molecule has 0 aromatic heterocycles. The predicted molar refractivity (Wildman–Crippen MR) is 72.8 cm³/mol. The van der Waals surface area contributed by atoms with Crippen molar-refractivity contribution >= 4 is 5.91 Å². The van der Waals surface area contributed by atoms with E-state index in [1.54, 1.807) is 6.07 Å². The molecule has 0 saturated heterocycles. The zero-order valence-corrected chi connectivity index (χ0v) is 11.6. The summed E-state index contributed by atoms with van der Waals surface area (Å²) in [7, 11) is 1.40. The van der Waals surface area contributed by atoms with Gasteiger partial charge in [0.05, 0.1) is 19.1 Å². The molecule has 4 nitrogen and oxygen atoms in total. The molecule has 1 aliphatic rings. The Bertz CT molecular complexity index is 484. The normalized spacial score (nSPS) is 16.9. The standard InChI is InChI=1S/C15H20FNO3/c1-20-13-5-4-11(8-12(13)16)10-17-14(18)9-15(19)6-2-3-7-15/h4-5,8,19H,2-3,6-7,9-10H2,1H3,(H,17,18). The lowest BCUT2D eigenvalue weighted by Gasteiger charge is -2.21. The number of rotatable bonds is 5. The number of hydrogen-bond acceptors (Lipinski definition) is 3. The fourth-order valence-corrected chi connectivity index (χ4v) is 2.59. The van der Waals surface area contributed by atoms with E-state index in [9.17, 15) is 14.3 Å². The minimum Gasteiger partial charge on any atom is -0.494 e. The lowest BCUT2D eigenvalue weighted by atomic mass is 9.97. The van der Waals surface area contributed by atoms with Gasteiger partial charge in [-0.3, -0.25) is 4.79 Å². The van der Waals surface area contributed by atoms with Gasteiger partial charge in [-0.15, -0.1) is 0 Å². The quantitative estimate of drug-likeness (QED) is 0.869. The zero-order chi connectivity index (χ0) is 14.6. The second kappa shape index (κ2) is 6.22. The number of hydrogen-bond donors (Lipinski definition) is 2. The first-order chi connectivity index (χ1) is 9.52. The summed E-state index contributed by atoms with van der Waals surface area (Å²) in [6, 6.07) is 4.57. The number of amides is 1. The summed E-state index contributed by atoms with van der Waals surface area (Å²) in [5, 5.41) is 12.8. The fourth-order valence-electron chi connectivity index (χ4n) is 2.59. The van der Waals surface area contributed by atoms with E-state index < -0.39 is 11.4 Å². The molecule has 0 radical (unpaired) electrons. The topological polar surface area (TPSA) is 58.6 Å². The average molecular weight is 281 g/mol. The van der Waals surface area contributed by atoms with Crippen LogP contribution in [0.15, 0.2) is 18.2 Å². The van der Waals surface area contributed by atoms with Crippen LogP contribution in [0.25, 0.3) is 0 Å². The Hall–Kier alpha value is -1.62. The Labute approximate surface area is 117 Å². The first kappa shape index (κ1) is 14.8. The van der Waals surface area contributed by atoms with Gasteiger partial charge in [-0.1, -0.05) is 18.9 Å². The fraction of sp³-hybridized carbons (Fsp3) is 0.533. The number of carbonyl (C=O) groups excluding carboxylic acids is 1. The van der Waals surface area contributed by atoms with Gasteiger partial charge in [-0.25, -0.2) is 4.39 Å². The number of nitrogens with one attached hydrogen (secondary N) is 1. The molecule has 1 aromatic carbocycles. The highest BCUT2D eigenvalue weighted by Crippen LogP contribution is 2.32. The molecule has 110 valence electrons. The SMILES string of the molecule is COc1ccc(CNC(=O)CC2(O)CCCC2)cc1F. The third-order valence-electron chi connectivity index (χ3n) is 3.73. The molecule has 0 spiro atoms. The largest absolute Gasteiger partial charge is 0.494 e. The molecule has 0 aliphatic heterocycles. The lowest BCUT2D eigenvalue weighted by Crippen LogP contribution is -2.34. The Morgan fingerprint density at radius 3 is 2.75 bits per heavy atom. The van der Waals surface area contributed by atoms with Crippen LogP contribution < -0.4 is 10.1 Å². The van der Waals surface area contributed by atoms with Crippen LogP contribution >= 0.6 is 0 Å². The maximum atomic E-state index is 13.5. The van der Waals surface area contributed by atoms with Crippen LogP contribution in [0.4, 0.5) is 4.39 Å². The Morgan fingerprint density at radius 1 is 1.45 bits per heavy atom. The lowest BCUT2D eigenvalue weighted by molar-refractivity contribution is -0.126. The monoisotopic (exact) mass is 281 g/mol. The van der Waals surface area contributed by atoms with Crippen molar-refractivity contribution in [3.63, 3.8) is 0 Å². The van der Waals surface area contributed by atoms with Crippen LogP contribution in [-0.2, 0) is 11.3 Å². The van der Waals surface area contributed by atoms with Crippen molar-refractivity contribution in [1.29, 1.82) is 0 Å². The van der Waals surface area contributed by atoms with Crippen LogP contribution in [0.1, 0.15) is 37.7 Å². The summed E-state index contributed by atoms with van der Waals surface area (Å²) < 4.78 is 18.3. The molecule has 2 rings (SSSR count). The molecule has 0 heterocycles. The highest BCUT2D eigenvalue weighted by atomic mass is 19.1. The number of aliphatic hydroxyl groups is 1. The molecular formula is C15H20FNO3. The molecule has 2 N–H and O–H groups in total. The van der Waals surface area contributed by atoms with Crippen LogP contribution in [0, 0.1) is 5.82 Å². The van der Waals surface area contributed by atoms with Gasteiger partial charge in [0.2, 0.25) is 5.91 Å². The van der Waals surface area contributed by atoms with Crippen molar-refractivity contribution in [3.8, 4) is 5.75 Å². The minimum atomic E-state index is -0.852.